The molecule has 0 bridgehead atoms. The van der Waals surface area contributed by atoms with Gasteiger partial charge in [0.15, 0.2) is 12.3 Å². The van der Waals surface area contributed by atoms with Gasteiger partial charge in [-0.15, -0.1) is 0 Å². The molecule has 0 atom stereocenters. The van der Waals surface area contributed by atoms with Crippen LogP contribution in [0, 0.1) is 0 Å². The lowest BCUT2D eigenvalue weighted by Gasteiger charge is -2.08. The summed E-state index contributed by atoms with van der Waals surface area (Å²) < 4.78 is 9.88. The van der Waals surface area contributed by atoms with E-state index in [0.717, 1.165) is 0 Å². The number of carbonyl (C=O) groups excluding carboxylic acids is 3. The number of benzene rings is 2. The van der Waals surface area contributed by atoms with Crippen LogP contribution in [0.4, 0.5) is 5.69 Å². The van der Waals surface area contributed by atoms with E-state index in [9.17, 15) is 19.2 Å². The van der Waals surface area contributed by atoms with Crippen LogP contribution in [0.3, 0.4) is 0 Å². The van der Waals surface area contributed by atoms with Gasteiger partial charge in [-0.05, 0) is 37.3 Å². The van der Waals surface area contributed by atoms with Crippen LogP contribution in [-0.2, 0) is 14.3 Å². The molecule has 9 heteroatoms. The minimum Gasteiger partial charge on any atom is -0.462 e. The van der Waals surface area contributed by atoms with E-state index in [2.05, 4.69) is 15.5 Å². The molecule has 2 aromatic carbocycles. The number of rotatable bonds is 6. The van der Waals surface area contributed by atoms with Crippen LogP contribution in [0.5, 0.6) is 0 Å². The smallest absolute Gasteiger partial charge is 0.359 e. The number of hydrogen-bond acceptors (Lipinski definition) is 7. The Labute approximate surface area is 164 Å². The van der Waals surface area contributed by atoms with Crippen LogP contribution in [0.25, 0.3) is 10.8 Å². The van der Waals surface area contributed by atoms with Crippen molar-refractivity contribution < 1.29 is 23.9 Å². The average molecular weight is 395 g/mol. The van der Waals surface area contributed by atoms with Crippen LogP contribution in [0.2, 0.25) is 0 Å². The van der Waals surface area contributed by atoms with Gasteiger partial charge < -0.3 is 14.8 Å². The number of amides is 1. The molecule has 0 spiro atoms. The summed E-state index contributed by atoms with van der Waals surface area (Å²) in [6, 6.07) is 12.5. The van der Waals surface area contributed by atoms with Crippen molar-refractivity contribution in [2.75, 3.05) is 18.5 Å². The topological polar surface area (TPSA) is 127 Å². The number of aromatic nitrogens is 2. The lowest BCUT2D eigenvalue weighted by Crippen LogP contribution is -2.22. The fraction of sp³-hybridized carbons (Fsp3) is 0.150. The Bertz CT molecular complexity index is 1120. The number of H-pyrrole nitrogens is 1. The van der Waals surface area contributed by atoms with Gasteiger partial charge in [-0.3, -0.25) is 9.59 Å². The van der Waals surface area contributed by atoms with E-state index in [4.69, 9.17) is 9.47 Å². The predicted octanol–water partition coefficient (Wildman–Crippen LogP) is 1.90. The molecular formula is C20H17N3O6. The molecule has 29 heavy (non-hydrogen) atoms. The SMILES string of the molecule is CCOC(=O)c1ccc(NC(=O)COC(=O)c2n[nH]c(=O)c3ccccc23)cc1. The molecule has 2 N–H and O–H groups in total. The van der Waals surface area contributed by atoms with Gasteiger partial charge in [0.1, 0.15) is 0 Å². The number of anilines is 1. The lowest BCUT2D eigenvalue weighted by atomic mass is 10.1. The third-order valence-corrected chi connectivity index (χ3v) is 3.90. The average Bonchev–Trinajstić information content (AvgIpc) is 2.73. The Morgan fingerprint density at radius 2 is 1.66 bits per heavy atom. The van der Waals surface area contributed by atoms with Gasteiger partial charge >= 0.3 is 11.9 Å². The first-order valence-corrected chi connectivity index (χ1v) is 8.71. The van der Waals surface area contributed by atoms with Crippen LogP contribution in [0.1, 0.15) is 27.8 Å². The van der Waals surface area contributed by atoms with Crippen molar-refractivity contribution in [3.05, 3.63) is 70.1 Å². The first-order valence-electron chi connectivity index (χ1n) is 8.71. The normalized spacial score (nSPS) is 10.4. The maximum Gasteiger partial charge on any atom is 0.359 e. The van der Waals surface area contributed by atoms with Gasteiger partial charge in [0.05, 0.1) is 17.6 Å². The molecule has 1 heterocycles. The Morgan fingerprint density at radius 1 is 0.966 bits per heavy atom. The van der Waals surface area contributed by atoms with Gasteiger partial charge in [-0.2, -0.15) is 5.10 Å². The van der Waals surface area contributed by atoms with E-state index < -0.39 is 30.0 Å². The number of esters is 2. The highest BCUT2D eigenvalue weighted by molar-refractivity contribution is 6.03. The number of fused-ring (bicyclic) bond motifs is 1. The summed E-state index contributed by atoms with van der Waals surface area (Å²) in [5.41, 5.74) is 0.256. The molecule has 0 aliphatic carbocycles. The summed E-state index contributed by atoms with van der Waals surface area (Å²) >= 11 is 0. The zero-order valence-electron chi connectivity index (χ0n) is 15.4. The summed E-state index contributed by atoms with van der Waals surface area (Å²) in [7, 11) is 0. The molecule has 3 aromatic rings. The fourth-order valence-electron chi connectivity index (χ4n) is 2.57. The van der Waals surface area contributed by atoms with Crippen LogP contribution < -0.4 is 10.9 Å². The highest BCUT2D eigenvalue weighted by Gasteiger charge is 2.17. The van der Waals surface area contributed by atoms with Crippen molar-refractivity contribution >= 4 is 34.3 Å². The van der Waals surface area contributed by atoms with Crippen molar-refractivity contribution in [3.63, 3.8) is 0 Å². The van der Waals surface area contributed by atoms with Crippen molar-refractivity contribution in [2.24, 2.45) is 0 Å². The maximum absolute atomic E-state index is 12.3. The van der Waals surface area contributed by atoms with E-state index in [1.54, 1.807) is 31.2 Å². The number of aromatic amines is 1. The van der Waals surface area contributed by atoms with E-state index in [-0.39, 0.29) is 12.3 Å². The summed E-state index contributed by atoms with van der Waals surface area (Å²) in [5.74, 6) is -1.87. The lowest BCUT2D eigenvalue weighted by molar-refractivity contribution is -0.119. The number of carbonyl (C=O) groups is 3. The molecule has 0 aliphatic rings. The van der Waals surface area contributed by atoms with E-state index in [1.165, 1.54) is 24.3 Å². The number of ether oxygens (including phenoxy) is 2. The highest BCUT2D eigenvalue weighted by Crippen LogP contribution is 2.14. The van der Waals surface area contributed by atoms with Crippen LogP contribution in [0.15, 0.2) is 53.3 Å². The predicted molar refractivity (Wildman–Crippen MR) is 104 cm³/mol. The molecule has 0 aliphatic heterocycles. The molecule has 0 fully saturated rings. The number of nitrogens with zero attached hydrogens (tertiary/aromatic N) is 1. The summed E-state index contributed by atoms with van der Waals surface area (Å²) in [4.78, 5) is 47.7. The second kappa shape index (κ2) is 8.79. The molecule has 3 rings (SSSR count). The molecule has 148 valence electrons. The van der Waals surface area contributed by atoms with E-state index in [0.29, 0.717) is 22.0 Å². The van der Waals surface area contributed by atoms with Crippen molar-refractivity contribution in [2.45, 2.75) is 6.92 Å². The second-order valence-electron chi connectivity index (χ2n) is 5.87. The molecule has 1 amide bonds. The van der Waals surface area contributed by atoms with Gasteiger partial charge in [-0.1, -0.05) is 18.2 Å². The van der Waals surface area contributed by atoms with Crippen molar-refractivity contribution in [1.82, 2.24) is 10.2 Å². The zero-order valence-corrected chi connectivity index (χ0v) is 15.4. The van der Waals surface area contributed by atoms with Gasteiger partial charge in [0.25, 0.3) is 11.5 Å². The maximum atomic E-state index is 12.3. The Balaban J connectivity index is 1.61. The van der Waals surface area contributed by atoms with Crippen molar-refractivity contribution in [1.29, 1.82) is 0 Å². The number of hydrogen-bond donors (Lipinski definition) is 2. The quantitative estimate of drug-likeness (QED) is 0.610. The Kier molecular flexibility index (Phi) is 5.98. The molecular weight excluding hydrogens is 378 g/mol. The highest BCUT2D eigenvalue weighted by atomic mass is 16.5. The standard InChI is InChI=1S/C20H17N3O6/c1-2-28-19(26)12-7-9-13(10-8-12)21-16(24)11-29-20(27)17-14-5-3-4-6-15(14)18(25)23-22-17/h3-10H,2,11H2,1H3,(H,21,24)(H,23,25). The van der Waals surface area contributed by atoms with Crippen molar-refractivity contribution in [3.8, 4) is 0 Å². The largest absolute Gasteiger partial charge is 0.462 e. The Hall–Kier alpha value is -4.01. The third-order valence-electron chi connectivity index (χ3n) is 3.90. The molecule has 0 unspecified atom stereocenters. The molecule has 0 saturated heterocycles. The van der Waals surface area contributed by atoms with Gasteiger partial charge in [-0.25, -0.2) is 14.7 Å². The first kappa shape index (κ1) is 19.7. The monoisotopic (exact) mass is 395 g/mol. The Morgan fingerprint density at radius 3 is 2.34 bits per heavy atom. The fourth-order valence-corrected chi connectivity index (χ4v) is 2.57. The molecule has 0 radical (unpaired) electrons. The zero-order chi connectivity index (χ0) is 20.8. The third kappa shape index (κ3) is 4.64. The second-order valence-corrected chi connectivity index (χ2v) is 5.87. The number of nitrogens with one attached hydrogen (secondary N) is 2. The molecule has 1 aromatic heterocycles. The van der Waals surface area contributed by atoms with Crippen LogP contribution in [-0.4, -0.2) is 41.3 Å². The summed E-state index contributed by atoms with van der Waals surface area (Å²) in [5, 5.41) is 9.12. The first-order chi connectivity index (χ1) is 14.0. The summed E-state index contributed by atoms with van der Waals surface area (Å²) in [6.07, 6.45) is 0. The molecule has 0 saturated carbocycles. The van der Waals surface area contributed by atoms with Gasteiger partial charge in [0, 0.05) is 11.1 Å². The minimum absolute atomic E-state index is 0.0909. The van der Waals surface area contributed by atoms with E-state index in [1.807, 2.05) is 0 Å². The molecule has 9 nitrogen and oxygen atoms in total. The minimum atomic E-state index is -0.842. The van der Waals surface area contributed by atoms with Gasteiger partial charge in [0.2, 0.25) is 0 Å². The van der Waals surface area contributed by atoms with E-state index >= 15 is 0 Å². The van der Waals surface area contributed by atoms with Crippen LogP contribution >= 0.6 is 0 Å². The summed E-state index contributed by atoms with van der Waals surface area (Å²) in [6.45, 7) is 1.43.